The van der Waals surface area contributed by atoms with Gasteiger partial charge in [-0.05, 0) is 45.4 Å². The third-order valence-corrected chi connectivity index (χ3v) is 4.70. The molecule has 1 heterocycles. The first-order valence-corrected chi connectivity index (χ1v) is 7.11. The Labute approximate surface area is 101 Å². The molecular weight excluding hydrogens is 196 g/mol. The molecule has 2 heteroatoms. The van der Waals surface area contributed by atoms with Gasteiger partial charge in [-0.15, -0.1) is 0 Å². The molecule has 2 fully saturated rings. The van der Waals surface area contributed by atoms with Crippen molar-refractivity contribution in [3.8, 4) is 0 Å². The van der Waals surface area contributed by atoms with Crippen LogP contribution in [0.25, 0.3) is 0 Å². The van der Waals surface area contributed by atoms with E-state index in [1.807, 2.05) is 0 Å². The highest BCUT2D eigenvalue weighted by Crippen LogP contribution is 2.33. The minimum atomic E-state index is 0.363. The quantitative estimate of drug-likeness (QED) is 0.776. The van der Waals surface area contributed by atoms with Gasteiger partial charge in [-0.1, -0.05) is 13.3 Å². The van der Waals surface area contributed by atoms with E-state index in [1.165, 1.54) is 45.2 Å². The molecule has 2 nitrogen and oxygen atoms in total. The Balaban J connectivity index is 1.92. The summed E-state index contributed by atoms with van der Waals surface area (Å²) in [4.78, 5) is 2.77. The molecule has 0 unspecified atom stereocenters. The molecule has 1 saturated carbocycles. The zero-order valence-electron chi connectivity index (χ0n) is 11.3. The van der Waals surface area contributed by atoms with Crippen LogP contribution < -0.4 is 5.32 Å². The van der Waals surface area contributed by atoms with Crippen LogP contribution >= 0.6 is 0 Å². The van der Waals surface area contributed by atoms with Crippen LogP contribution in [0.3, 0.4) is 0 Å². The summed E-state index contributed by atoms with van der Waals surface area (Å²) >= 11 is 0. The molecule has 0 aromatic heterocycles. The Morgan fingerprint density at radius 1 is 1.19 bits per heavy atom. The topological polar surface area (TPSA) is 15.3 Å². The minimum Gasteiger partial charge on any atom is -0.314 e. The van der Waals surface area contributed by atoms with Gasteiger partial charge in [0.15, 0.2) is 0 Å². The summed E-state index contributed by atoms with van der Waals surface area (Å²) in [5.74, 6) is 1.02. The second-order valence-electron chi connectivity index (χ2n) is 6.27. The van der Waals surface area contributed by atoms with E-state index in [1.54, 1.807) is 0 Å². The number of nitrogens with zero attached hydrogens (tertiary/aromatic N) is 1. The number of hydrogen-bond donors (Lipinski definition) is 1. The fourth-order valence-corrected chi connectivity index (χ4v) is 3.54. The van der Waals surface area contributed by atoms with Crippen LogP contribution in [-0.4, -0.2) is 36.1 Å². The standard InChI is InChI=1S/C14H28N2/c1-4-12-5-7-13(8-6-12)16-10-9-15-11-14(16,2)3/h12-13,15H,4-11H2,1-3H3. The lowest BCUT2D eigenvalue weighted by molar-refractivity contribution is 0.0214. The van der Waals surface area contributed by atoms with Gasteiger partial charge in [-0.2, -0.15) is 0 Å². The predicted molar refractivity (Wildman–Crippen MR) is 69.7 cm³/mol. The van der Waals surface area contributed by atoms with Gasteiger partial charge in [0, 0.05) is 31.2 Å². The highest BCUT2D eigenvalue weighted by molar-refractivity contribution is 4.93. The summed E-state index contributed by atoms with van der Waals surface area (Å²) in [5.41, 5.74) is 0.363. The Kier molecular flexibility index (Phi) is 3.91. The molecule has 1 saturated heterocycles. The van der Waals surface area contributed by atoms with Crippen LogP contribution in [0.5, 0.6) is 0 Å². The van der Waals surface area contributed by atoms with Crippen molar-refractivity contribution in [2.24, 2.45) is 5.92 Å². The normalized spacial score (nSPS) is 36.2. The smallest absolute Gasteiger partial charge is 0.0281 e. The largest absolute Gasteiger partial charge is 0.314 e. The van der Waals surface area contributed by atoms with Crippen LogP contribution in [0.15, 0.2) is 0 Å². The summed E-state index contributed by atoms with van der Waals surface area (Å²) in [6, 6.07) is 0.861. The third kappa shape index (κ3) is 2.60. The Bertz CT molecular complexity index is 217. The predicted octanol–water partition coefficient (Wildman–Crippen LogP) is 2.64. The van der Waals surface area contributed by atoms with Gasteiger partial charge in [-0.25, -0.2) is 0 Å². The summed E-state index contributed by atoms with van der Waals surface area (Å²) in [6.45, 7) is 10.7. The zero-order chi connectivity index (χ0) is 11.6. The molecule has 0 aromatic carbocycles. The molecule has 1 aliphatic carbocycles. The molecule has 0 amide bonds. The van der Waals surface area contributed by atoms with Gasteiger partial charge in [0.2, 0.25) is 0 Å². The van der Waals surface area contributed by atoms with Gasteiger partial charge in [0.05, 0.1) is 0 Å². The van der Waals surface area contributed by atoms with Crippen molar-refractivity contribution in [2.75, 3.05) is 19.6 Å². The average molecular weight is 224 g/mol. The maximum absolute atomic E-state index is 3.52. The van der Waals surface area contributed by atoms with Gasteiger partial charge in [0.25, 0.3) is 0 Å². The van der Waals surface area contributed by atoms with Crippen LogP contribution in [-0.2, 0) is 0 Å². The summed E-state index contributed by atoms with van der Waals surface area (Å²) in [6.07, 6.45) is 7.17. The van der Waals surface area contributed by atoms with Crippen LogP contribution in [0.1, 0.15) is 52.9 Å². The molecule has 1 N–H and O–H groups in total. The van der Waals surface area contributed by atoms with E-state index in [0.29, 0.717) is 5.54 Å². The number of hydrogen-bond acceptors (Lipinski definition) is 2. The monoisotopic (exact) mass is 224 g/mol. The summed E-state index contributed by atoms with van der Waals surface area (Å²) < 4.78 is 0. The van der Waals surface area contributed by atoms with Crippen LogP contribution in [0, 0.1) is 5.92 Å². The van der Waals surface area contributed by atoms with Gasteiger partial charge >= 0.3 is 0 Å². The van der Waals surface area contributed by atoms with Crippen molar-refractivity contribution in [3.05, 3.63) is 0 Å². The maximum Gasteiger partial charge on any atom is 0.0281 e. The lowest BCUT2D eigenvalue weighted by Crippen LogP contribution is -2.61. The summed E-state index contributed by atoms with van der Waals surface area (Å²) in [5, 5.41) is 3.52. The maximum atomic E-state index is 3.52. The SMILES string of the molecule is CCC1CCC(N2CCNCC2(C)C)CC1. The molecule has 16 heavy (non-hydrogen) atoms. The Morgan fingerprint density at radius 2 is 1.88 bits per heavy atom. The van der Waals surface area contributed by atoms with Crippen LogP contribution in [0.2, 0.25) is 0 Å². The Morgan fingerprint density at radius 3 is 2.44 bits per heavy atom. The number of piperazine rings is 1. The first kappa shape index (κ1) is 12.4. The van der Waals surface area contributed by atoms with Gasteiger partial charge in [0.1, 0.15) is 0 Å². The van der Waals surface area contributed by atoms with Crippen molar-refractivity contribution < 1.29 is 0 Å². The highest BCUT2D eigenvalue weighted by Gasteiger charge is 2.35. The fraction of sp³-hybridized carbons (Fsp3) is 1.00. The molecule has 0 bridgehead atoms. The molecule has 0 atom stereocenters. The van der Waals surface area contributed by atoms with Crippen molar-refractivity contribution >= 4 is 0 Å². The van der Waals surface area contributed by atoms with Crippen molar-refractivity contribution in [2.45, 2.75) is 64.5 Å². The van der Waals surface area contributed by atoms with E-state index in [2.05, 4.69) is 31.0 Å². The fourth-order valence-electron chi connectivity index (χ4n) is 3.54. The van der Waals surface area contributed by atoms with E-state index in [0.717, 1.165) is 18.5 Å². The number of rotatable bonds is 2. The molecule has 1 aliphatic heterocycles. The first-order valence-electron chi connectivity index (χ1n) is 7.11. The van der Waals surface area contributed by atoms with Gasteiger partial charge < -0.3 is 5.32 Å². The Hall–Kier alpha value is -0.0800. The molecule has 2 aliphatic rings. The van der Waals surface area contributed by atoms with Gasteiger partial charge in [-0.3, -0.25) is 4.90 Å². The molecule has 0 radical (unpaired) electrons. The zero-order valence-corrected chi connectivity index (χ0v) is 11.3. The van der Waals surface area contributed by atoms with Crippen molar-refractivity contribution in [1.82, 2.24) is 10.2 Å². The molecule has 94 valence electrons. The van der Waals surface area contributed by atoms with Crippen molar-refractivity contribution in [1.29, 1.82) is 0 Å². The lowest BCUT2D eigenvalue weighted by atomic mass is 9.82. The molecular formula is C14H28N2. The highest BCUT2D eigenvalue weighted by atomic mass is 15.3. The van der Waals surface area contributed by atoms with E-state index >= 15 is 0 Å². The minimum absolute atomic E-state index is 0.363. The van der Waals surface area contributed by atoms with E-state index in [-0.39, 0.29) is 0 Å². The lowest BCUT2D eigenvalue weighted by Gasteiger charge is -2.49. The number of nitrogens with one attached hydrogen (secondary N) is 1. The van der Waals surface area contributed by atoms with E-state index in [4.69, 9.17) is 0 Å². The first-order chi connectivity index (χ1) is 7.63. The second-order valence-corrected chi connectivity index (χ2v) is 6.27. The average Bonchev–Trinajstić information content (AvgIpc) is 2.29. The van der Waals surface area contributed by atoms with Crippen molar-refractivity contribution in [3.63, 3.8) is 0 Å². The summed E-state index contributed by atoms with van der Waals surface area (Å²) in [7, 11) is 0. The molecule has 0 spiro atoms. The van der Waals surface area contributed by atoms with E-state index in [9.17, 15) is 0 Å². The second kappa shape index (κ2) is 5.05. The van der Waals surface area contributed by atoms with E-state index < -0.39 is 0 Å². The third-order valence-electron chi connectivity index (χ3n) is 4.70. The van der Waals surface area contributed by atoms with Crippen LogP contribution in [0.4, 0.5) is 0 Å². The molecule has 2 rings (SSSR count). The molecule has 0 aromatic rings.